The number of carboxylic acids is 1. The van der Waals surface area contributed by atoms with E-state index in [1.165, 1.54) is 0 Å². The number of aliphatic carboxylic acids is 1. The molecule has 0 aliphatic heterocycles. The lowest BCUT2D eigenvalue weighted by atomic mass is 10.0. The van der Waals surface area contributed by atoms with Crippen molar-refractivity contribution in [3.8, 4) is 11.5 Å². The first-order valence-electron chi connectivity index (χ1n) is 6.36. The Kier molecular flexibility index (Phi) is 4.38. The van der Waals surface area contributed by atoms with Gasteiger partial charge in [0.1, 0.15) is 11.5 Å². The normalized spacial score (nSPS) is 11.9. The molecule has 104 valence electrons. The number of rotatable bonds is 5. The minimum Gasteiger partial charge on any atom is -0.481 e. The van der Waals surface area contributed by atoms with E-state index in [0.29, 0.717) is 5.75 Å². The molecular formula is C16H17NO3. The summed E-state index contributed by atoms with van der Waals surface area (Å²) in [6.07, 6.45) is -0.103. The van der Waals surface area contributed by atoms with Crippen LogP contribution >= 0.6 is 0 Å². The van der Waals surface area contributed by atoms with Crippen LogP contribution in [0.3, 0.4) is 0 Å². The molecule has 0 saturated heterocycles. The Morgan fingerprint density at radius 1 is 1.20 bits per heavy atom. The summed E-state index contributed by atoms with van der Waals surface area (Å²) < 4.78 is 5.73. The second-order valence-electron chi connectivity index (χ2n) is 4.69. The molecule has 0 amide bonds. The average molecular weight is 271 g/mol. The summed E-state index contributed by atoms with van der Waals surface area (Å²) in [4.78, 5) is 10.7. The first kappa shape index (κ1) is 14.1. The van der Waals surface area contributed by atoms with Crippen molar-refractivity contribution in [2.45, 2.75) is 19.4 Å². The van der Waals surface area contributed by atoms with Gasteiger partial charge in [0, 0.05) is 6.04 Å². The number of ether oxygens (including phenoxy) is 1. The van der Waals surface area contributed by atoms with Crippen molar-refractivity contribution < 1.29 is 14.6 Å². The molecule has 2 rings (SSSR count). The molecule has 1 atom stereocenters. The Morgan fingerprint density at radius 2 is 1.90 bits per heavy atom. The summed E-state index contributed by atoms with van der Waals surface area (Å²) in [5, 5.41) is 8.76. The van der Waals surface area contributed by atoms with E-state index < -0.39 is 12.0 Å². The molecule has 0 heterocycles. The fraction of sp³-hybridized carbons (Fsp3) is 0.188. The smallest absolute Gasteiger partial charge is 0.305 e. The molecule has 4 heteroatoms. The van der Waals surface area contributed by atoms with E-state index in [0.717, 1.165) is 16.9 Å². The zero-order valence-corrected chi connectivity index (χ0v) is 11.2. The van der Waals surface area contributed by atoms with Crippen LogP contribution in [0.5, 0.6) is 11.5 Å². The number of aryl methyl sites for hydroxylation is 1. The van der Waals surface area contributed by atoms with E-state index in [4.69, 9.17) is 15.6 Å². The Morgan fingerprint density at radius 3 is 2.55 bits per heavy atom. The molecule has 4 nitrogen and oxygen atoms in total. The molecule has 2 aromatic carbocycles. The lowest BCUT2D eigenvalue weighted by Gasteiger charge is -2.12. The van der Waals surface area contributed by atoms with Crippen LogP contribution in [0.25, 0.3) is 0 Å². The predicted molar refractivity (Wildman–Crippen MR) is 76.9 cm³/mol. The van der Waals surface area contributed by atoms with Crippen molar-refractivity contribution in [3.63, 3.8) is 0 Å². The van der Waals surface area contributed by atoms with Gasteiger partial charge >= 0.3 is 5.97 Å². The number of carboxylic acid groups (broad SMARTS) is 1. The summed E-state index contributed by atoms with van der Waals surface area (Å²) in [5.74, 6) is 0.467. The molecule has 0 radical (unpaired) electrons. The highest BCUT2D eigenvalue weighted by atomic mass is 16.5. The van der Waals surface area contributed by atoms with Gasteiger partial charge in [-0.15, -0.1) is 0 Å². The highest BCUT2D eigenvalue weighted by Crippen LogP contribution is 2.25. The fourth-order valence-corrected chi connectivity index (χ4v) is 1.86. The third-order valence-electron chi connectivity index (χ3n) is 2.94. The maximum absolute atomic E-state index is 10.7. The molecule has 0 spiro atoms. The number of hydrogen-bond acceptors (Lipinski definition) is 3. The minimum absolute atomic E-state index is 0.103. The maximum atomic E-state index is 10.7. The van der Waals surface area contributed by atoms with Gasteiger partial charge in [0.25, 0.3) is 0 Å². The minimum atomic E-state index is -0.914. The van der Waals surface area contributed by atoms with Gasteiger partial charge in [0.15, 0.2) is 0 Å². The van der Waals surface area contributed by atoms with Crippen LogP contribution in [-0.2, 0) is 4.79 Å². The molecule has 0 aliphatic rings. The van der Waals surface area contributed by atoms with Crippen molar-refractivity contribution in [3.05, 3.63) is 59.7 Å². The molecule has 0 fully saturated rings. The highest BCUT2D eigenvalue weighted by Gasteiger charge is 2.11. The van der Waals surface area contributed by atoms with E-state index in [-0.39, 0.29) is 6.42 Å². The van der Waals surface area contributed by atoms with Gasteiger partial charge in [-0.05, 0) is 36.8 Å². The van der Waals surface area contributed by atoms with Crippen LogP contribution in [0.4, 0.5) is 0 Å². The third-order valence-corrected chi connectivity index (χ3v) is 2.94. The van der Waals surface area contributed by atoms with Crippen molar-refractivity contribution in [2.24, 2.45) is 5.73 Å². The molecule has 0 unspecified atom stereocenters. The van der Waals surface area contributed by atoms with Crippen LogP contribution in [0, 0.1) is 6.92 Å². The number of benzene rings is 2. The zero-order valence-electron chi connectivity index (χ0n) is 11.2. The van der Waals surface area contributed by atoms with Gasteiger partial charge in [-0.2, -0.15) is 0 Å². The SMILES string of the molecule is Cc1ccc(Oc2cccc([C@@H](N)CC(=O)O)c2)cc1. The maximum Gasteiger partial charge on any atom is 0.305 e. The van der Waals surface area contributed by atoms with E-state index in [2.05, 4.69) is 0 Å². The molecule has 0 aliphatic carbocycles. The Bertz CT molecular complexity index is 593. The quantitative estimate of drug-likeness (QED) is 0.875. The van der Waals surface area contributed by atoms with Crippen molar-refractivity contribution >= 4 is 5.97 Å². The van der Waals surface area contributed by atoms with E-state index >= 15 is 0 Å². The van der Waals surface area contributed by atoms with Crippen molar-refractivity contribution in [1.29, 1.82) is 0 Å². The van der Waals surface area contributed by atoms with Gasteiger partial charge < -0.3 is 15.6 Å². The molecule has 0 saturated carbocycles. The lowest BCUT2D eigenvalue weighted by molar-refractivity contribution is -0.137. The molecule has 0 aromatic heterocycles. The number of nitrogens with two attached hydrogens (primary N) is 1. The Balaban J connectivity index is 2.13. The topological polar surface area (TPSA) is 72.5 Å². The molecule has 20 heavy (non-hydrogen) atoms. The molecular weight excluding hydrogens is 254 g/mol. The lowest BCUT2D eigenvalue weighted by Crippen LogP contribution is -2.14. The van der Waals surface area contributed by atoms with Crippen molar-refractivity contribution in [2.75, 3.05) is 0 Å². The van der Waals surface area contributed by atoms with E-state index in [9.17, 15) is 4.79 Å². The predicted octanol–water partition coefficient (Wildman–Crippen LogP) is 3.26. The molecule has 0 bridgehead atoms. The summed E-state index contributed by atoms with van der Waals surface area (Å²) in [6.45, 7) is 2.01. The van der Waals surface area contributed by atoms with E-state index in [1.807, 2.05) is 37.3 Å². The summed E-state index contributed by atoms with van der Waals surface area (Å²) >= 11 is 0. The zero-order chi connectivity index (χ0) is 14.5. The highest BCUT2D eigenvalue weighted by molar-refractivity contribution is 5.67. The van der Waals surface area contributed by atoms with Gasteiger partial charge in [-0.3, -0.25) is 4.79 Å². The first-order chi connectivity index (χ1) is 9.54. The molecule has 3 N–H and O–H groups in total. The number of hydrogen-bond donors (Lipinski definition) is 2. The van der Waals surface area contributed by atoms with Crippen LogP contribution in [-0.4, -0.2) is 11.1 Å². The Hall–Kier alpha value is -2.33. The van der Waals surface area contributed by atoms with Gasteiger partial charge in [0.2, 0.25) is 0 Å². The van der Waals surface area contributed by atoms with E-state index in [1.54, 1.807) is 18.2 Å². The fourth-order valence-electron chi connectivity index (χ4n) is 1.86. The van der Waals surface area contributed by atoms with Crippen molar-refractivity contribution in [1.82, 2.24) is 0 Å². The second kappa shape index (κ2) is 6.21. The standard InChI is InChI=1S/C16H17NO3/c1-11-5-7-13(8-6-11)20-14-4-2-3-12(9-14)15(17)10-16(18)19/h2-9,15H,10,17H2,1H3,(H,18,19)/t15-/m0/s1. The monoisotopic (exact) mass is 271 g/mol. The molecule has 2 aromatic rings. The third kappa shape index (κ3) is 3.83. The van der Waals surface area contributed by atoms with Gasteiger partial charge in [-0.1, -0.05) is 29.8 Å². The van der Waals surface area contributed by atoms with Gasteiger partial charge in [-0.25, -0.2) is 0 Å². The van der Waals surface area contributed by atoms with Gasteiger partial charge in [0.05, 0.1) is 6.42 Å². The summed E-state index contributed by atoms with van der Waals surface area (Å²) in [6, 6.07) is 14.4. The second-order valence-corrected chi connectivity index (χ2v) is 4.69. The van der Waals surface area contributed by atoms with Crippen LogP contribution in [0.15, 0.2) is 48.5 Å². The Labute approximate surface area is 117 Å². The van der Waals surface area contributed by atoms with Crippen LogP contribution in [0.1, 0.15) is 23.6 Å². The average Bonchev–Trinajstić information content (AvgIpc) is 2.41. The summed E-state index contributed by atoms with van der Waals surface area (Å²) in [5.41, 5.74) is 7.75. The number of carbonyl (C=O) groups is 1. The van der Waals surface area contributed by atoms with Crippen LogP contribution in [0.2, 0.25) is 0 Å². The first-order valence-corrected chi connectivity index (χ1v) is 6.36. The largest absolute Gasteiger partial charge is 0.481 e. The van der Waals surface area contributed by atoms with Crippen LogP contribution < -0.4 is 10.5 Å². The summed E-state index contributed by atoms with van der Waals surface area (Å²) in [7, 11) is 0.